The molecule has 1 aliphatic heterocycles. The lowest BCUT2D eigenvalue weighted by Crippen LogP contribution is -2.33. The predicted molar refractivity (Wildman–Crippen MR) is 108 cm³/mol. The van der Waals surface area contributed by atoms with Crippen molar-refractivity contribution >= 4 is 40.2 Å². The number of primary amides is 1. The summed E-state index contributed by atoms with van der Waals surface area (Å²) in [5.41, 5.74) is 9.30. The van der Waals surface area contributed by atoms with Crippen LogP contribution in [0.15, 0.2) is 42.5 Å². The molecule has 0 radical (unpaired) electrons. The molecule has 27 heavy (non-hydrogen) atoms. The molecule has 7 heteroatoms. The summed E-state index contributed by atoms with van der Waals surface area (Å²) in [5.74, 6) is -0.872. The zero-order valence-electron chi connectivity index (χ0n) is 15.0. The topological polar surface area (TPSA) is 92.5 Å². The minimum Gasteiger partial charge on any atom is -0.366 e. The summed E-state index contributed by atoms with van der Waals surface area (Å²) in [5, 5.41) is 2.55. The van der Waals surface area contributed by atoms with E-state index < -0.39 is 5.91 Å². The lowest BCUT2D eigenvalue weighted by Gasteiger charge is -2.29. The van der Waals surface area contributed by atoms with Crippen LogP contribution in [0, 0.1) is 6.92 Å². The standard InChI is InChI=1S/C20H21N3O3S/c1-13-7-8-17-14(10-13)5-3-9-23(17)20(26)27-12-18(24)22-16-6-2-4-15(11-16)19(21)25/h2,4,6-8,10-11H,3,5,9,12H2,1H3,(H2,21,25)(H,22,24). The Morgan fingerprint density at radius 1 is 1.19 bits per heavy atom. The van der Waals surface area contributed by atoms with E-state index in [9.17, 15) is 14.4 Å². The highest BCUT2D eigenvalue weighted by atomic mass is 32.2. The van der Waals surface area contributed by atoms with Crippen molar-refractivity contribution < 1.29 is 14.4 Å². The molecule has 0 aliphatic carbocycles. The van der Waals surface area contributed by atoms with Crippen LogP contribution >= 0.6 is 11.8 Å². The van der Waals surface area contributed by atoms with Gasteiger partial charge in [0.2, 0.25) is 11.8 Å². The third-order valence-corrected chi connectivity index (χ3v) is 5.21. The highest BCUT2D eigenvalue weighted by Crippen LogP contribution is 2.30. The molecular weight excluding hydrogens is 362 g/mol. The first kappa shape index (κ1) is 19.0. The number of fused-ring (bicyclic) bond motifs is 1. The number of carbonyl (C=O) groups is 3. The minimum absolute atomic E-state index is 0.00265. The number of nitrogens with one attached hydrogen (secondary N) is 1. The van der Waals surface area contributed by atoms with E-state index in [4.69, 9.17) is 5.73 Å². The van der Waals surface area contributed by atoms with E-state index in [0.717, 1.165) is 30.3 Å². The van der Waals surface area contributed by atoms with Gasteiger partial charge in [-0.05, 0) is 49.6 Å². The molecule has 0 unspecified atom stereocenters. The Morgan fingerprint density at radius 3 is 2.78 bits per heavy atom. The second-order valence-electron chi connectivity index (χ2n) is 6.44. The fourth-order valence-corrected chi connectivity index (χ4v) is 3.74. The summed E-state index contributed by atoms with van der Waals surface area (Å²) in [4.78, 5) is 37.7. The summed E-state index contributed by atoms with van der Waals surface area (Å²) in [6.45, 7) is 2.69. The van der Waals surface area contributed by atoms with Crippen LogP contribution in [-0.4, -0.2) is 29.4 Å². The zero-order chi connectivity index (χ0) is 19.4. The monoisotopic (exact) mass is 383 g/mol. The molecule has 3 rings (SSSR count). The van der Waals surface area contributed by atoms with Crippen LogP contribution in [0.4, 0.5) is 16.2 Å². The van der Waals surface area contributed by atoms with Crippen molar-refractivity contribution in [3.05, 3.63) is 59.2 Å². The van der Waals surface area contributed by atoms with Crippen molar-refractivity contribution in [2.75, 3.05) is 22.5 Å². The number of hydrogen-bond donors (Lipinski definition) is 2. The fraction of sp³-hybridized carbons (Fsp3) is 0.250. The normalized spacial score (nSPS) is 13.0. The zero-order valence-corrected chi connectivity index (χ0v) is 15.8. The Kier molecular flexibility index (Phi) is 5.81. The third kappa shape index (κ3) is 4.68. The number of benzene rings is 2. The molecule has 1 heterocycles. The Morgan fingerprint density at radius 2 is 2.00 bits per heavy atom. The second kappa shape index (κ2) is 8.26. The lowest BCUT2D eigenvalue weighted by atomic mass is 10.0. The van der Waals surface area contributed by atoms with Gasteiger partial charge in [0, 0.05) is 23.5 Å². The van der Waals surface area contributed by atoms with E-state index in [1.54, 1.807) is 23.1 Å². The van der Waals surface area contributed by atoms with Gasteiger partial charge in [-0.1, -0.05) is 35.5 Å². The quantitative estimate of drug-likeness (QED) is 0.847. The number of nitrogens with two attached hydrogens (primary N) is 1. The van der Waals surface area contributed by atoms with Crippen LogP contribution in [0.25, 0.3) is 0 Å². The van der Waals surface area contributed by atoms with Gasteiger partial charge in [-0.15, -0.1) is 0 Å². The van der Waals surface area contributed by atoms with Gasteiger partial charge in [0.05, 0.1) is 5.75 Å². The molecule has 6 nitrogen and oxygen atoms in total. The molecule has 3 amide bonds. The number of rotatable bonds is 4. The van der Waals surface area contributed by atoms with Crippen LogP contribution in [0.1, 0.15) is 27.9 Å². The molecular formula is C20H21N3O3S. The second-order valence-corrected chi connectivity index (χ2v) is 7.36. The molecule has 0 bridgehead atoms. The summed E-state index contributed by atoms with van der Waals surface area (Å²) < 4.78 is 0. The molecule has 1 aliphatic rings. The highest BCUT2D eigenvalue weighted by Gasteiger charge is 2.23. The van der Waals surface area contributed by atoms with E-state index in [-0.39, 0.29) is 16.9 Å². The van der Waals surface area contributed by atoms with E-state index in [1.165, 1.54) is 17.2 Å². The first-order valence-electron chi connectivity index (χ1n) is 8.67. The van der Waals surface area contributed by atoms with E-state index in [0.29, 0.717) is 17.8 Å². The van der Waals surface area contributed by atoms with Crippen LogP contribution in [0.2, 0.25) is 0 Å². The molecule has 2 aromatic rings. The number of amides is 3. The maximum Gasteiger partial charge on any atom is 0.286 e. The average molecular weight is 383 g/mol. The van der Waals surface area contributed by atoms with Crippen molar-refractivity contribution in [2.24, 2.45) is 5.73 Å². The lowest BCUT2D eigenvalue weighted by molar-refractivity contribution is -0.113. The third-order valence-electron chi connectivity index (χ3n) is 4.33. The van der Waals surface area contributed by atoms with Gasteiger partial charge in [0.15, 0.2) is 0 Å². The molecule has 0 spiro atoms. The summed E-state index contributed by atoms with van der Waals surface area (Å²) in [7, 11) is 0. The van der Waals surface area contributed by atoms with Crippen molar-refractivity contribution in [1.82, 2.24) is 0 Å². The Balaban J connectivity index is 1.59. The number of aryl methyl sites for hydroxylation is 2. The number of nitrogens with zero attached hydrogens (tertiary/aromatic N) is 1. The van der Waals surface area contributed by atoms with E-state index in [1.807, 2.05) is 19.1 Å². The average Bonchev–Trinajstić information content (AvgIpc) is 2.65. The first-order chi connectivity index (χ1) is 12.9. The molecule has 0 saturated heterocycles. The summed E-state index contributed by atoms with van der Waals surface area (Å²) in [6.07, 6.45) is 1.87. The van der Waals surface area contributed by atoms with Crippen molar-refractivity contribution in [3.63, 3.8) is 0 Å². The maximum absolute atomic E-state index is 12.6. The Bertz CT molecular complexity index is 898. The number of anilines is 2. The highest BCUT2D eigenvalue weighted by molar-refractivity contribution is 8.14. The van der Waals surface area contributed by atoms with Crippen LogP contribution in [-0.2, 0) is 11.2 Å². The number of hydrogen-bond acceptors (Lipinski definition) is 4. The van der Waals surface area contributed by atoms with Gasteiger partial charge in [-0.2, -0.15) is 0 Å². The van der Waals surface area contributed by atoms with Crippen molar-refractivity contribution in [3.8, 4) is 0 Å². The minimum atomic E-state index is -0.561. The summed E-state index contributed by atoms with van der Waals surface area (Å²) >= 11 is 0.972. The van der Waals surface area contributed by atoms with Crippen molar-refractivity contribution in [2.45, 2.75) is 19.8 Å². The van der Waals surface area contributed by atoms with E-state index >= 15 is 0 Å². The number of thioether (sulfide) groups is 1. The van der Waals surface area contributed by atoms with Crippen molar-refractivity contribution in [1.29, 1.82) is 0 Å². The van der Waals surface area contributed by atoms with Gasteiger partial charge >= 0.3 is 0 Å². The predicted octanol–water partition coefficient (Wildman–Crippen LogP) is 3.34. The smallest absolute Gasteiger partial charge is 0.286 e. The van der Waals surface area contributed by atoms with Gasteiger partial charge in [-0.3, -0.25) is 14.4 Å². The maximum atomic E-state index is 12.6. The van der Waals surface area contributed by atoms with Crippen LogP contribution in [0.5, 0.6) is 0 Å². The first-order valence-corrected chi connectivity index (χ1v) is 9.66. The SMILES string of the molecule is Cc1ccc2c(c1)CCCN2C(=O)SCC(=O)Nc1cccc(C(N)=O)c1. The molecule has 140 valence electrons. The van der Waals surface area contributed by atoms with Gasteiger partial charge in [-0.25, -0.2) is 0 Å². The molecule has 0 atom stereocenters. The van der Waals surface area contributed by atoms with Gasteiger partial charge < -0.3 is 16.0 Å². The molecule has 0 saturated carbocycles. The fourth-order valence-electron chi connectivity index (χ4n) is 3.07. The van der Waals surface area contributed by atoms with Gasteiger partial charge in [0.25, 0.3) is 5.24 Å². The molecule has 0 aromatic heterocycles. The molecule has 0 fully saturated rings. The molecule has 3 N–H and O–H groups in total. The van der Waals surface area contributed by atoms with Crippen LogP contribution < -0.4 is 16.0 Å². The molecule has 2 aromatic carbocycles. The van der Waals surface area contributed by atoms with Crippen LogP contribution in [0.3, 0.4) is 0 Å². The number of carbonyl (C=O) groups excluding carboxylic acids is 3. The summed E-state index contributed by atoms with van der Waals surface area (Å²) in [6, 6.07) is 12.5. The largest absolute Gasteiger partial charge is 0.366 e. The Labute approximate surface area is 162 Å². The Hall–Kier alpha value is -2.80. The van der Waals surface area contributed by atoms with E-state index in [2.05, 4.69) is 11.4 Å². The van der Waals surface area contributed by atoms with Gasteiger partial charge in [0.1, 0.15) is 0 Å².